The Morgan fingerprint density at radius 2 is 1.87 bits per heavy atom. The molecule has 3 aromatic carbocycles. The van der Waals surface area contributed by atoms with Crippen LogP contribution in [0.3, 0.4) is 0 Å². The maximum absolute atomic E-state index is 14.2. The fourth-order valence-electron chi connectivity index (χ4n) is 4.37. The lowest BCUT2D eigenvalue weighted by Gasteiger charge is -2.20. The number of anilines is 2. The predicted octanol–water partition coefficient (Wildman–Crippen LogP) is 5.71. The largest absolute Gasteiger partial charge is 0.494 e. The summed E-state index contributed by atoms with van der Waals surface area (Å²) in [5, 5.41) is 12.3. The summed E-state index contributed by atoms with van der Waals surface area (Å²) in [6.07, 6.45) is 1.23. The van der Waals surface area contributed by atoms with Gasteiger partial charge in [0.2, 0.25) is 5.43 Å². The van der Waals surface area contributed by atoms with Gasteiger partial charge < -0.3 is 20.2 Å². The number of aromatic nitrogens is 2. The topological polar surface area (TPSA) is 127 Å². The molecule has 8 nitrogen and oxygen atoms in total. The molecule has 4 N–H and O–H groups in total. The summed E-state index contributed by atoms with van der Waals surface area (Å²) in [6, 6.07) is 15.8. The van der Waals surface area contributed by atoms with Gasteiger partial charge in [0.05, 0.1) is 35.4 Å². The maximum atomic E-state index is 14.2. The van der Waals surface area contributed by atoms with E-state index in [-0.39, 0.29) is 45.4 Å². The molecule has 0 aliphatic carbocycles. The van der Waals surface area contributed by atoms with Gasteiger partial charge in [0.15, 0.2) is 11.6 Å². The standard InChI is InChI=1S/C29H23F2N5O3/c1-15(27-23(16-6-5-7-18(30)12-16)26(37)19-8-3-4-9-21(19)39-27)36-29-24(28(33)34-14-35-29)25(32)17-10-11-20(31)22(13-17)38-2/h3-15,32H,1-2H3,(H3,33,34,35,36). The summed E-state index contributed by atoms with van der Waals surface area (Å²) in [7, 11) is 1.33. The zero-order valence-corrected chi connectivity index (χ0v) is 21.0. The number of benzene rings is 3. The Bertz CT molecular complexity index is 1790. The molecule has 39 heavy (non-hydrogen) atoms. The fourth-order valence-corrected chi connectivity index (χ4v) is 4.37. The lowest BCUT2D eigenvalue weighted by atomic mass is 9.98. The third-order valence-corrected chi connectivity index (χ3v) is 6.25. The predicted molar refractivity (Wildman–Crippen MR) is 145 cm³/mol. The van der Waals surface area contributed by atoms with E-state index in [1.807, 2.05) is 0 Å². The first kappa shape index (κ1) is 25.5. The molecule has 0 spiro atoms. The summed E-state index contributed by atoms with van der Waals surface area (Å²) in [5.41, 5.74) is 7.15. The molecule has 0 bridgehead atoms. The van der Waals surface area contributed by atoms with Gasteiger partial charge in [-0.3, -0.25) is 10.2 Å². The van der Waals surface area contributed by atoms with Gasteiger partial charge >= 0.3 is 0 Å². The molecule has 0 saturated carbocycles. The lowest BCUT2D eigenvalue weighted by Crippen LogP contribution is -2.19. The first-order valence-electron chi connectivity index (χ1n) is 11.9. The van der Waals surface area contributed by atoms with E-state index < -0.39 is 17.7 Å². The molecule has 5 rings (SSSR count). The van der Waals surface area contributed by atoms with Gasteiger partial charge in [-0.2, -0.15) is 0 Å². The van der Waals surface area contributed by atoms with Crippen molar-refractivity contribution in [2.45, 2.75) is 13.0 Å². The summed E-state index contributed by atoms with van der Waals surface area (Å²) >= 11 is 0. The number of methoxy groups -OCH3 is 1. The average Bonchev–Trinajstić information content (AvgIpc) is 2.93. The zero-order valence-electron chi connectivity index (χ0n) is 21.0. The van der Waals surface area contributed by atoms with Crippen molar-refractivity contribution in [2.75, 3.05) is 18.2 Å². The number of hydrogen-bond donors (Lipinski definition) is 3. The van der Waals surface area contributed by atoms with Crippen LogP contribution in [0.4, 0.5) is 20.4 Å². The molecule has 0 aliphatic rings. The van der Waals surface area contributed by atoms with E-state index in [1.165, 1.54) is 49.8 Å². The van der Waals surface area contributed by atoms with E-state index in [2.05, 4.69) is 15.3 Å². The molecular weight excluding hydrogens is 504 g/mol. The zero-order chi connectivity index (χ0) is 27.7. The van der Waals surface area contributed by atoms with Crippen LogP contribution in [-0.4, -0.2) is 22.8 Å². The number of nitrogens with zero attached hydrogens (tertiary/aromatic N) is 2. The van der Waals surface area contributed by atoms with Crippen molar-refractivity contribution >= 4 is 28.3 Å². The molecule has 2 heterocycles. The molecule has 0 radical (unpaired) electrons. The van der Waals surface area contributed by atoms with Gasteiger partial charge in [-0.25, -0.2) is 18.7 Å². The van der Waals surface area contributed by atoms with Gasteiger partial charge in [0.1, 0.15) is 35.1 Å². The number of fused-ring (bicyclic) bond motifs is 1. The number of ether oxygens (including phenoxy) is 1. The Morgan fingerprint density at radius 3 is 2.64 bits per heavy atom. The van der Waals surface area contributed by atoms with Gasteiger partial charge in [-0.1, -0.05) is 24.3 Å². The molecule has 0 aliphatic heterocycles. The highest BCUT2D eigenvalue weighted by atomic mass is 19.1. The van der Waals surface area contributed by atoms with Crippen LogP contribution in [0.25, 0.3) is 22.1 Å². The van der Waals surface area contributed by atoms with Crippen LogP contribution < -0.4 is 21.2 Å². The molecule has 0 saturated heterocycles. The highest BCUT2D eigenvalue weighted by Gasteiger charge is 2.24. The monoisotopic (exact) mass is 527 g/mol. The van der Waals surface area contributed by atoms with Crippen molar-refractivity contribution in [3.63, 3.8) is 0 Å². The molecule has 196 valence electrons. The lowest BCUT2D eigenvalue weighted by molar-refractivity contribution is 0.386. The molecule has 0 fully saturated rings. The second-order valence-corrected chi connectivity index (χ2v) is 8.75. The van der Waals surface area contributed by atoms with Crippen molar-refractivity contribution in [1.82, 2.24) is 9.97 Å². The summed E-state index contributed by atoms with van der Waals surface area (Å²) in [5.74, 6) is -0.673. The normalized spacial score (nSPS) is 11.8. The van der Waals surface area contributed by atoms with E-state index in [1.54, 1.807) is 37.3 Å². The maximum Gasteiger partial charge on any atom is 0.200 e. The van der Waals surface area contributed by atoms with Crippen molar-refractivity contribution < 1.29 is 17.9 Å². The van der Waals surface area contributed by atoms with Gasteiger partial charge in [-0.05, 0) is 55.0 Å². The molecule has 2 aromatic heterocycles. The van der Waals surface area contributed by atoms with Crippen LogP contribution >= 0.6 is 0 Å². The smallest absolute Gasteiger partial charge is 0.200 e. The number of halogens is 2. The highest BCUT2D eigenvalue weighted by Crippen LogP contribution is 2.33. The Hall–Kier alpha value is -5.12. The van der Waals surface area contributed by atoms with E-state index in [0.29, 0.717) is 22.1 Å². The third kappa shape index (κ3) is 4.79. The molecular formula is C29H23F2N5O3. The average molecular weight is 528 g/mol. The minimum atomic E-state index is -0.691. The van der Waals surface area contributed by atoms with Crippen molar-refractivity contribution in [3.05, 3.63) is 112 Å². The Balaban J connectivity index is 1.62. The highest BCUT2D eigenvalue weighted by molar-refractivity contribution is 6.16. The molecule has 1 unspecified atom stereocenters. The number of para-hydroxylation sites is 1. The van der Waals surface area contributed by atoms with Crippen molar-refractivity contribution in [3.8, 4) is 16.9 Å². The quantitative estimate of drug-likeness (QED) is 0.231. The van der Waals surface area contributed by atoms with Crippen LogP contribution in [0.15, 0.2) is 82.3 Å². The van der Waals surface area contributed by atoms with Crippen LogP contribution in [0.1, 0.15) is 29.9 Å². The number of nitrogens with one attached hydrogen (secondary N) is 2. The van der Waals surface area contributed by atoms with Gasteiger partial charge in [0.25, 0.3) is 0 Å². The van der Waals surface area contributed by atoms with Crippen molar-refractivity contribution in [1.29, 1.82) is 5.41 Å². The Kier molecular flexibility index (Phi) is 6.76. The van der Waals surface area contributed by atoms with E-state index >= 15 is 0 Å². The summed E-state index contributed by atoms with van der Waals surface area (Å²) in [6.45, 7) is 1.74. The third-order valence-electron chi connectivity index (χ3n) is 6.25. The molecule has 1 atom stereocenters. The first-order chi connectivity index (χ1) is 18.8. The molecule has 10 heteroatoms. The molecule has 5 aromatic rings. The summed E-state index contributed by atoms with van der Waals surface area (Å²) < 4.78 is 39.4. The van der Waals surface area contributed by atoms with Gasteiger partial charge in [0, 0.05) is 5.56 Å². The van der Waals surface area contributed by atoms with Crippen LogP contribution in [-0.2, 0) is 0 Å². The minimum absolute atomic E-state index is 0.0123. The first-order valence-corrected chi connectivity index (χ1v) is 11.9. The number of hydrogen-bond acceptors (Lipinski definition) is 8. The van der Waals surface area contributed by atoms with E-state index in [4.69, 9.17) is 20.3 Å². The van der Waals surface area contributed by atoms with E-state index in [9.17, 15) is 13.6 Å². The second-order valence-electron chi connectivity index (χ2n) is 8.75. The number of nitrogen functional groups attached to an aromatic ring is 1. The summed E-state index contributed by atoms with van der Waals surface area (Å²) in [4.78, 5) is 21.9. The number of rotatable bonds is 7. The van der Waals surface area contributed by atoms with Gasteiger partial charge in [-0.15, -0.1) is 0 Å². The van der Waals surface area contributed by atoms with Crippen LogP contribution in [0.5, 0.6) is 5.75 Å². The van der Waals surface area contributed by atoms with E-state index in [0.717, 1.165) is 0 Å². The van der Waals surface area contributed by atoms with Crippen molar-refractivity contribution in [2.24, 2.45) is 0 Å². The Morgan fingerprint density at radius 1 is 1.08 bits per heavy atom. The SMILES string of the molecule is COc1cc(C(=N)c2c(N)ncnc2NC(C)c2oc3ccccc3c(=O)c2-c2cccc(F)c2)ccc1F. The number of nitrogens with two attached hydrogens (primary N) is 1. The Labute approximate surface area is 221 Å². The minimum Gasteiger partial charge on any atom is -0.494 e. The second kappa shape index (κ2) is 10.3. The van der Waals surface area contributed by atoms with Crippen LogP contribution in [0, 0.1) is 17.0 Å². The molecule has 0 amide bonds. The van der Waals surface area contributed by atoms with Crippen LogP contribution in [0.2, 0.25) is 0 Å². The fraction of sp³-hybridized carbons (Fsp3) is 0.103.